The van der Waals surface area contributed by atoms with Crippen molar-refractivity contribution in [2.75, 3.05) is 20.8 Å². The van der Waals surface area contributed by atoms with Crippen LogP contribution in [0.3, 0.4) is 0 Å². The number of alkyl halides is 1. The van der Waals surface area contributed by atoms with Gasteiger partial charge in [0.1, 0.15) is 0 Å². The second kappa shape index (κ2) is 5.79. The lowest BCUT2D eigenvalue weighted by Gasteiger charge is -2.06. The fourth-order valence-corrected chi connectivity index (χ4v) is 0.414. The largest absolute Gasteiger partial charge is 0.466 e. The molecule has 0 aromatic rings. The molecule has 6 heteroatoms. The Morgan fingerprint density at radius 1 is 1.42 bits per heavy atom. The summed E-state index contributed by atoms with van der Waals surface area (Å²) >= 11 is 5.29. The summed E-state index contributed by atoms with van der Waals surface area (Å²) in [5, 5.41) is 0. The van der Waals surface area contributed by atoms with Gasteiger partial charge in [-0.1, -0.05) is 11.6 Å². The van der Waals surface area contributed by atoms with Crippen LogP contribution in [0.25, 0.3) is 0 Å². The molecule has 0 amide bonds. The van der Waals surface area contributed by atoms with E-state index in [1.54, 1.807) is 0 Å². The van der Waals surface area contributed by atoms with E-state index in [0.29, 0.717) is 0 Å². The summed E-state index contributed by atoms with van der Waals surface area (Å²) in [4.78, 5) is 21.2. The molecule has 0 rings (SSSR count). The van der Waals surface area contributed by atoms with Crippen LogP contribution in [0.1, 0.15) is 0 Å². The summed E-state index contributed by atoms with van der Waals surface area (Å²) < 4.78 is 13.0. The number of esters is 2. The van der Waals surface area contributed by atoms with Crippen LogP contribution in [0, 0.1) is 0 Å². The van der Waals surface area contributed by atoms with Crippen molar-refractivity contribution in [2.24, 2.45) is 0 Å². The van der Waals surface area contributed by atoms with Gasteiger partial charge in [-0.05, 0) is 0 Å². The molecule has 0 bridgehead atoms. The average molecular weight is 197 g/mol. The number of methoxy groups -OCH3 is 2. The van der Waals surface area contributed by atoms with Crippen molar-refractivity contribution in [3.63, 3.8) is 0 Å². The van der Waals surface area contributed by atoms with Crippen LogP contribution in [-0.2, 0) is 23.8 Å². The third-order valence-corrected chi connectivity index (χ3v) is 1.31. The first-order chi connectivity index (χ1) is 5.61. The second-order valence-electron chi connectivity index (χ2n) is 1.74. The maximum atomic E-state index is 10.7. The number of rotatable bonds is 4. The maximum absolute atomic E-state index is 10.7. The molecule has 0 heterocycles. The number of carbonyl (C=O) groups is 2. The molecule has 1 atom stereocenters. The van der Waals surface area contributed by atoms with E-state index in [4.69, 9.17) is 11.6 Å². The Bertz CT molecular complexity index is 169. The zero-order valence-electron chi connectivity index (χ0n) is 6.70. The van der Waals surface area contributed by atoms with Crippen molar-refractivity contribution in [1.82, 2.24) is 0 Å². The molecule has 0 fully saturated rings. The molecule has 1 unspecified atom stereocenters. The van der Waals surface area contributed by atoms with Gasteiger partial charge in [-0.15, -0.1) is 0 Å². The number of carbonyl (C=O) groups excluding carboxylic acids is 2. The minimum absolute atomic E-state index is 0.456. The van der Waals surface area contributed by atoms with E-state index in [1.165, 1.54) is 14.2 Å². The molecule has 0 spiro atoms. The lowest BCUT2D eigenvalue weighted by Crippen LogP contribution is -2.23. The second-order valence-corrected chi connectivity index (χ2v) is 2.13. The molecular weight excluding hydrogens is 188 g/mol. The molecule has 12 heavy (non-hydrogen) atoms. The highest BCUT2D eigenvalue weighted by molar-refractivity contribution is 6.28. The summed E-state index contributed by atoms with van der Waals surface area (Å²) in [7, 11) is 2.43. The zero-order chi connectivity index (χ0) is 9.56. The highest BCUT2D eigenvalue weighted by Gasteiger charge is 2.16. The quantitative estimate of drug-likeness (QED) is 0.465. The third kappa shape index (κ3) is 4.15. The first-order valence-corrected chi connectivity index (χ1v) is 3.45. The van der Waals surface area contributed by atoms with Crippen molar-refractivity contribution in [3.8, 4) is 0 Å². The lowest BCUT2D eigenvalue weighted by molar-refractivity contribution is -0.160. The van der Waals surface area contributed by atoms with Crippen LogP contribution >= 0.6 is 11.6 Å². The predicted octanol–water partition coefficient (Wildman–Crippen LogP) is -0.0861. The number of hydrogen-bond donors (Lipinski definition) is 0. The van der Waals surface area contributed by atoms with E-state index in [2.05, 4.69) is 14.2 Å². The van der Waals surface area contributed by atoms with Gasteiger partial charge in [0, 0.05) is 7.11 Å². The summed E-state index contributed by atoms with van der Waals surface area (Å²) in [5.74, 6) is -1.46. The van der Waals surface area contributed by atoms with Gasteiger partial charge in [-0.2, -0.15) is 0 Å². The van der Waals surface area contributed by atoms with Crippen LogP contribution in [0.2, 0.25) is 0 Å². The standard InChI is InChI=1S/C6H9ClO5/c1-10-4(8)3-12-6(9)5(7)11-2/h5H,3H2,1-2H3. The van der Waals surface area contributed by atoms with Gasteiger partial charge in [0.25, 0.3) is 0 Å². The summed E-state index contributed by atoms with van der Waals surface area (Å²) in [6, 6.07) is 0. The van der Waals surface area contributed by atoms with Gasteiger partial charge in [0.15, 0.2) is 6.61 Å². The van der Waals surface area contributed by atoms with E-state index < -0.39 is 24.1 Å². The average Bonchev–Trinajstić information content (AvgIpc) is 2.11. The highest BCUT2D eigenvalue weighted by atomic mass is 35.5. The van der Waals surface area contributed by atoms with Crippen molar-refractivity contribution < 1.29 is 23.8 Å². The monoisotopic (exact) mass is 196 g/mol. The lowest BCUT2D eigenvalue weighted by atomic mass is 10.7. The molecule has 0 aliphatic carbocycles. The van der Waals surface area contributed by atoms with Gasteiger partial charge >= 0.3 is 11.9 Å². The van der Waals surface area contributed by atoms with E-state index in [9.17, 15) is 9.59 Å². The molecule has 0 saturated carbocycles. The van der Waals surface area contributed by atoms with Crippen LogP contribution in [0.5, 0.6) is 0 Å². The maximum Gasteiger partial charge on any atom is 0.351 e. The van der Waals surface area contributed by atoms with E-state index in [1.807, 2.05) is 0 Å². The Morgan fingerprint density at radius 3 is 2.42 bits per heavy atom. The smallest absolute Gasteiger partial charge is 0.351 e. The van der Waals surface area contributed by atoms with E-state index >= 15 is 0 Å². The minimum Gasteiger partial charge on any atom is -0.466 e. The Hall–Kier alpha value is -0.810. The molecule has 5 nitrogen and oxygen atoms in total. The van der Waals surface area contributed by atoms with Crippen molar-refractivity contribution in [2.45, 2.75) is 5.56 Å². The Labute approximate surface area is 74.5 Å². The zero-order valence-corrected chi connectivity index (χ0v) is 7.46. The molecule has 70 valence electrons. The molecule has 0 aliphatic rings. The van der Waals surface area contributed by atoms with Gasteiger partial charge in [0.05, 0.1) is 7.11 Å². The number of ether oxygens (including phenoxy) is 3. The highest BCUT2D eigenvalue weighted by Crippen LogP contribution is 1.98. The van der Waals surface area contributed by atoms with Gasteiger partial charge in [-0.3, -0.25) is 0 Å². The topological polar surface area (TPSA) is 61.8 Å². The van der Waals surface area contributed by atoms with Crippen LogP contribution in [0.15, 0.2) is 0 Å². The number of hydrogen-bond acceptors (Lipinski definition) is 5. The molecule has 0 aliphatic heterocycles. The Kier molecular flexibility index (Phi) is 5.40. The summed E-state index contributed by atoms with van der Waals surface area (Å²) in [6.07, 6.45) is 0. The molecule has 0 saturated heterocycles. The normalized spacial score (nSPS) is 11.9. The Morgan fingerprint density at radius 2 is 2.00 bits per heavy atom. The van der Waals surface area contributed by atoms with Crippen LogP contribution in [0.4, 0.5) is 0 Å². The first-order valence-electron chi connectivity index (χ1n) is 3.02. The van der Waals surface area contributed by atoms with Crippen LogP contribution < -0.4 is 0 Å². The van der Waals surface area contributed by atoms with Gasteiger partial charge in [0.2, 0.25) is 5.56 Å². The minimum atomic E-state index is -1.19. The summed E-state index contributed by atoms with van der Waals surface area (Å²) in [6.45, 7) is -0.456. The van der Waals surface area contributed by atoms with Crippen molar-refractivity contribution >= 4 is 23.5 Å². The number of halogens is 1. The molecule has 0 radical (unpaired) electrons. The fourth-order valence-electron chi connectivity index (χ4n) is 0.351. The molecule has 0 aromatic heterocycles. The van der Waals surface area contributed by atoms with Crippen molar-refractivity contribution in [3.05, 3.63) is 0 Å². The van der Waals surface area contributed by atoms with E-state index in [0.717, 1.165) is 0 Å². The van der Waals surface area contributed by atoms with Crippen molar-refractivity contribution in [1.29, 1.82) is 0 Å². The molecule has 0 N–H and O–H groups in total. The molecule has 0 aromatic carbocycles. The SMILES string of the molecule is COC(=O)COC(=O)C(Cl)OC. The summed E-state index contributed by atoms with van der Waals surface area (Å²) in [5.41, 5.74) is -1.19. The molecular formula is C6H9ClO5. The predicted molar refractivity (Wildman–Crippen MR) is 39.6 cm³/mol. The Balaban J connectivity index is 3.64. The third-order valence-electron chi connectivity index (χ3n) is 0.952. The van der Waals surface area contributed by atoms with E-state index in [-0.39, 0.29) is 0 Å². The fraction of sp³-hybridized carbons (Fsp3) is 0.667. The van der Waals surface area contributed by atoms with Gasteiger partial charge in [-0.25, -0.2) is 9.59 Å². The van der Waals surface area contributed by atoms with Gasteiger partial charge < -0.3 is 14.2 Å². The first kappa shape index (κ1) is 11.2. The van der Waals surface area contributed by atoms with Crippen LogP contribution in [-0.4, -0.2) is 38.3 Å².